The van der Waals surface area contributed by atoms with E-state index >= 15 is 0 Å². The molecule has 100 valence electrons. The Balaban J connectivity index is 2.93. The molecule has 0 heterocycles. The second-order valence-electron chi connectivity index (χ2n) is 4.53. The van der Waals surface area contributed by atoms with E-state index in [-0.39, 0.29) is 24.3 Å². The molecule has 18 heavy (non-hydrogen) atoms. The van der Waals surface area contributed by atoms with E-state index in [0.29, 0.717) is 12.8 Å². The Hall–Kier alpha value is -1.29. The molecule has 0 unspecified atom stereocenters. The van der Waals surface area contributed by atoms with Crippen molar-refractivity contribution < 1.29 is 13.6 Å². The molecule has 2 N–H and O–H groups in total. The molecular formula is C14H19F2NO. The summed E-state index contributed by atoms with van der Waals surface area (Å²) in [5.74, 6) is -1.40. The fraction of sp³-hybridized carbons (Fsp3) is 0.500. The molecule has 0 spiro atoms. The third-order valence-electron chi connectivity index (χ3n) is 3.70. The molecule has 0 saturated carbocycles. The van der Waals surface area contributed by atoms with Gasteiger partial charge in [-0.1, -0.05) is 19.9 Å². The summed E-state index contributed by atoms with van der Waals surface area (Å²) in [7, 11) is 0. The first kappa shape index (κ1) is 14.8. The first-order chi connectivity index (χ1) is 8.49. The molecule has 0 aliphatic heterocycles. The van der Waals surface area contributed by atoms with E-state index in [9.17, 15) is 13.6 Å². The van der Waals surface area contributed by atoms with E-state index < -0.39 is 17.0 Å². The number of nitrogens with two attached hydrogens (primary N) is 1. The van der Waals surface area contributed by atoms with Crippen molar-refractivity contribution in [3.63, 3.8) is 0 Å². The topological polar surface area (TPSA) is 43.1 Å². The van der Waals surface area contributed by atoms with E-state index in [1.54, 1.807) is 0 Å². The van der Waals surface area contributed by atoms with Crippen LogP contribution in [0.2, 0.25) is 0 Å². The number of benzene rings is 1. The van der Waals surface area contributed by atoms with E-state index in [1.165, 1.54) is 6.07 Å². The van der Waals surface area contributed by atoms with Crippen molar-refractivity contribution in [2.24, 2.45) is 11.1 Å². The number of halogens is 2. The van der Waals surface area contributed by atoms with Crippen LogP contribution in [-0.2, 0) is 11.2 Å². The highest BCUT2D eigenvalue weighted by Crippen LogP contribution is 2.28. The predicted octanol–water partition coefficient (Wildman–Crippen LogP) is 2.84. The van der Waals surface area contributed by atoms with Gasteiger partial charge in [-0.05, 0) is 24.5 Å². The summed E-state index contributed by atoms with van der Waals surface area (Å²) in [6.07, 6.45) is 1.22. The lowest BCUT2D eigenvalue weighted by molar-refractivity contribution is -0.128. The van der Waals surface area contributed by atoms with Crippen LogP contribution < -0.4 is 5.73 Å². The van der Waals surface area contributed by atoms with Gasteiger partial charge in [0.25, 0.3) is 0 Å². The maximum Gasteiger partial charge on any atom is 0.144 e. The molecule has 0 radical (unpaired) electrons. The van der Waals surface area contributed by atoms with Gasteiger partial charge in [-0.25, -0.2) is 8.78 Å². The molecule has 0 aliphatic carbocycles. The van der Waals surface area contributed by atoms with Crippen LogP contribution in [0.25, 0.3) is 0 Å². The van der Waals surface area contributed by atoms with Gasteiger partial charge >= 0.3 is 0 Å². The molecule has 1 aromatic rings. The van der Waals surface area contributed by atoms with E-state index in [1.807, 2.05) is 13.8 Å². The van der Waals surface area contributed by atoms with Gasteiger partial charge in [0, 0.05) is 24.4 Å². The summed E-state index contributed by atoms with van der Waals surface area (Å²) in [4.78, 5) is 12.2. The van der Waals surface area contributed by atoms with Gasteiger partial charge in [0.1, 0.15) is 17.4 Å². The van der Waals surface area contributed by atoms with Gasteiger partial charge in [-0.3, -0.25) is 4.79 Å². The summed E-state index contributed by atoms with van der Waals surface area (Å²) in [5.41, 5.74) is 5.30. The zero-order valence-corrected chi connectivity index (χ0v) is 10.8. The van der Waals surface area contributed by atoms with E-state index in [0.717, 1.165) is 12.1 Å². The molecule has 0 amide bonds. The Morgan fingerprint density at radius 3 is 2.33 bits per heavy atom. The largest absolute Gasteiger partial charge is 0.329 e. The number of rotatable bonds is 6. The SMILES string of the molecule is CCC(CC)(CN)C(=O)Cc1ccc(F)cc1F. The van der Waals surface area contributed by atoms with Crippen molar-refractivity contribution in [3.8, 4) is 0 Å². The molecule has 0 saturated heterocycles. The maximum absolute atomic E-state index is 13.5. The molecule has 4 heteroatoms. The third kappa shape index (κ3) is 2.93. The quantitative estimate of drug-likeness (QED) is 0.849. The van der Waals surface area contributed by atoms with E-state index in [2.05, 4.69) is 0 Å². The number of hydrogen-bond donors (Lipinski definition) is 1. The molecule has 2 nitrogen and oxygen atoms in total. The van der Waals surface area contributed by atoms with Crippen LogP contribution in [0.3, 0.4) is 0 Å². The predicted molar refractivity (Wildman–Crippen MR) is 67.1 cm³/mol. The van der Waals surface area contributed by atoms with Crippen LogP contribution >= 0.6 is 0 Å². The van der Waals surface area contributed by atoms with Crippen LogP contribution in [0.15, 0.2) is 18.2 Å². The van der Waals surface area contributed by atoms with Crippen LogP contribution in [-0.4, -0.2) is 12.3 Å². The van der Waals surface area contributed by atoms with Gasteiger partial charge in [0.15, 0.2) is 0 Å². The van der Waals surface area contributed by atoms with Gasteiger partial charge in [-0.15, -0.1) is 0 Å². The van der Waals surface area contributed by atoms with E-state index in [4.69, 9.17) is 5.73 Å². The second-order valence-corrected chi connectivity index (χ2v) is 4.53. The first-order valence-corrected chi connectivity index (χ1v) is 6.16. The Labute approximate surface area is 106 Å². The molecule has 0 aromatic heterocycles. The normalized spacial score (nSPS) is 11.6. The second kappa shape index (κ2) is 6.05. The maximum atomic E-state index is 13.5. The zero-order valence-electron chi connectivity index (χ0n) is 10.8. The first-order valence-electron chi connectivity index (χ1n) is 6.16. The Bertz CT molecular complexity index is 420. The molecule has 0 bridgehead atoms. The number of carbonyl (C=O) groups excluding carboxylic acids is 1. The number of ketones is 1. The summed E-state index contributed by atoms with van der Waals surface area (Å²) in [5, 5.41) is 0. The van der Waals surface area contributed by atoms with Crippen molar-refractivity contribution in [1.29, 1.82) is 0 Å². The average Bonchev–Trinajstić information content (AvgIpc) is 2.36. The Morgan fingerprint density at radius 1 is 1.28 bits per heavy atom. The van der Waals surface area contributed by atoms with Crippen LogP contribution in [0, 0.1) is 17.0 Å². The van der Waals surface area contributed by atoms with Crippen LogP contribution in [0.5, 0.6) is 0 Å². The minimum Gasteiger partial charge on any atom is -0.329 e. The van der Waals surface area contributed by atoms with Crippen LogP contribution in [0.4, 0.5) is 8.78 Å². The van der Waals surface area contributed by atoms with Gasteiger partial charge in [0.2, 0.25) is 0 Å². The monoisotopic (exact) mass is 255 g/mol. The number of hydrogen-bond acceptors (Lipinski definition) is 2. The summed E-state index contributed by atoms with van der Waals surface area (Å²) >= 11 is 0. The number of carbonyl (C=O) groups is 1. The highest BCUT2D eigenvalue weighted by molar-refractivity contribution is 5.87. The fourth-order valence-corrected chi connectivity index (χ4v) is 2.07. The van der Waals surface area contributed by atoms with Crippen molar-refractivity contribution in [2.75, 3.05) is 6.54 Å². The van der Waals surface area contributed by atoms with Crippen molar-refractivity contribution >= 4 is 5.78 Å². The molecule has 1 aromatic carbocycles. The van der Waals surface area contributed by atoms with Gasteiger partial charge in [0.05, 0.1) is 0 Å². The smallest absolute Gasteiger partial charge is 0.144 e. The Morgan fingerprint density at radius 2 is 1.89 bits per heavy atom. The van der Waals surface area contributed by atoms with Crippen LogP contribution in [0.1, 0.15) is 32.3 Å². The fourth-order valence-electron chi connectivity index (χ4n) is 2.07. The lowest BCUT2D eigenvalue weighted by Crippen LogP contribution is -2.38. The summed E-state index contributed by atoms with van der Waals surface area (Å²) in [6.45, 7) is 4.05. The highest BCUT2D eigenvalue weighted by atomic mass is 19.1. The molecule has 1 rings (SSSR count). The molecule has 0 aliphatic rings. The lowest BCUT2D eigenvalue weighted by Gasteiger charge is -2.28. The third-order valence-corrected chi connectivity index (χ3v) is 3.70. The summed E-state index contributed by atoms with van der Waals surface area (Å²) in [6, 6.07) is 3.27. The standard InChI is InChI=1S/C14H19F2NO/c1-3-14(4-2,9-17)13(18)7-10-5-6-11(15)8-12(10)16/h5-6,8H,3-4,7,9,17H2,1-2H3. The summed E-state index contributed by atoms with van der Waals surface area (Å²) < 4.78 is 26.3. The minimum atomic E-state index is -0.679. The Kier molecular flexibility index (Phi) is 4.96. The van der Waals surface area contributed by atoms with Gasteiger partial charge < -0.3 is 5.73 Å². The average molecular weight is 255 g/mol. The molecule has 0 atom stereocenters. The zero-order chi connectivity index (χ0) is 13.8. The minimum absolute atomic E-state index is 0.0367. The van der Waals surface area contributed by atoms with Crippen molar-refractivity contribution in [3.05, 3.63) is 35.4 Å². The molecular weight excluding hydrogens is 236 g/mol. The molecule has 0 fully saturated rings. The van der Waals surface area contributed by atoms with Crippen molar-refractivity contribution in [1.82, 2.24) is 0 Å². The number of Topliss-reactive ketones (excluding diaryl/α,β-unsaturated/α-hetero) is 1. The highest BCUT2D eigenvalue weighted by Gasteiger charge is 2.33. The van der Waals surface area contributed by atoms with Crippen molar-refractivity contribution in [2.45, 2.75) is 33.1 Å². The lowest BCUT2D eigenvalue weighted by atomic mass is 9.76. The van der Waals surface area contributed by atoms with Gasteiger partial charge in [-0.2, -0.15) is 0 Å².